The van der Waals surface area contributed by atoms with Crippen LogP contribution in [0.2, 0.25) is 5.02 Å². The van der Waals surface area contributed by atoms with Gasteiger partial charge in [0.05, 0.1) is 22.1 Å². The molecule has 0 bridgehead atoms. The zero-order chi connectivity index (χ0) is 24.8. The number of nitrogens with one attached hydrogen (secondary N) is 2. The molecule has 0 aliphatic carbocycles. The van der Waals surface area contributed by atoms with Gasteiger partial charge in [-0.15, -0.1) is 0 Å². The van der Waals surface area contributed by atoms with Crippen molar-refractivity contribution < 1.29 is 24.0 Å². The highest BCUT2D eigenvalue weighted by molar-refractivity contribution is 6.33. The van der Waals surface area contributed by atoms with E-state index in [4.69, 9.17) is 16.3 Å². The van der Waals surface area contributed by atoms with E-state index in [0.29, 0.717) is 5.56 Å². The molecule has 0 saturated carbocycles. The maximum Gasteiger partial charge on any atom is 0.308 e. The third-order valence-electron chi connectivity index (χ3n) is 4.72. The first-order valence-corrected chi connectivity index (χ1v) is 10.6. The number of nitrogens with zero attached hydrogens (tertiary/aromatic N) is 1. The molecule has 0 fully saturated rings. The lowest BCUT2D eigenvalue weighted by Crippen LogP contribution is -2.32. The van der Waals surface area contributed by atoms with Crippen molar-refractivity contribution >= 4 is 40.8 Å². The van der Waals surface area contributed by atoms with E-state index in [1.54, 1.807) is 12.1 Å². The molecule has 0 aromatic heterocycles. The average Bonchev–Trinajstić information content (AvgIpc) is 2.74. The molecule has 2 rings (SSSR count). The molecule has 0 spiro atoms. The van der Waals surface area contributed by atoms with Crippen LogP contribution in [0.3, 0.4) is 0 Å². The fourth-order valence-electron chi connectivity index (χ4n) is 2.77. The number of non-ortho nitro benzene ring substituents is 1. The van der Waals surface area contributed by atoms with Crippen LogP contribution in [0, 0.1) is 10.1 Å². The predicted molar refractivity (Wildman–Crippen MR) is 124 cm³/mol. The van der Waals surface area contributed by atoms with Crippen molar-refractivity contribution in [3.63, 3.8) is 0 Å². The average molecular weight is 476 g/mol. The highest BCUT2D eigenvalue weighted by Gasteiger charge is 2.20. The topological polar surface area (TPSA) is 128 Å². The number of hydrogen-bond acceptors (Lipinski definition) is 6. The summed E-state index contributed by atoms with van der Waals surface area (Å²) in [6, 6.07) is 10.8. The van der Waals surface area contributed by atoms with E-state index >= 15 is 0 Å². The van der Waals surface area contributed by atoms with Crippen molar-refractivity contribution in [2.24, 2.45) is 0 Å². The van der Waals surface area contributed by atoms with Crippen LogP contribution in [-0.2, 0) is 19.7 Å². The molecule has 33 heavy (non-hydrogen) atoms. The number of benzene rings is 2. The molecular formula is C23H26ClN3O6. The number of esters is 1. The van der Waals surface area contributed by atoms with Gasteiger partial charge in [0.15, 0.2) is 6.10 Å². The van der Waals surface area contributed by atoms with Crippen molar-refractivity contribution in [1.29, 1.82) is 0 Å². The van der Waals surface area contributed by atoms with Crippen LogP contribution < -0.4 is 10.6 Å². The molecular weight excluding hydrogens is 450 g/mol. The number of ether oxygens (including phenoxy) is 1. The van der Waals surface area contributed by atoms with Crippen LogP contribution in [0.25, 0.3) is 0 Å². The zero-order valence-electron chi connectivity index (χ0n) is 18.8. The van der Waals surface area contributed by atoms with Gasteiger partial charge in [-0.1, -0.05) is 44.5 Å². The molecule has 0 heterocycles. The molecule has 2 N–H and O–H groups in total. The molecule has 0 saturated heterocycles. The molecule has 1 unspecified atom stereocenters. The number of carbonyl (C=O) groups is 3. The summed E-state index contributed by atoms with van der Waals surface area (Å²) in [5.41, 5.74) is 1.33. The van der Waals surface area contributed by atoms with E-state index in [-0.39, 0.29) is 40.7 Å². The predicted octanol–water partition coefficient (Wildman–Crippen LogP) is 4.24. The Labute approximate surface area is 196 Å². The molecule has 176 valence electrons. The Kier molecular flexibility index (Phi) is 8.53. The number of rotatable bonds is 8. The second-order valence-corrected chi connectivity index (χ2v) is 8.78. The summed E-state index contributed by atoms with van der Waals surface area (Å²) in [5, 5.41) is 16.0. The first kappa shape index (κ1) is 25.8. The Balaban J connectivity index is 1.82. The molecule has 0 aliphatic heterocycles. The number of carbonyl (C=O) groups excluding carboxylic acids is 3. The first-order valence-electron chi connectivity index (χ1n) is 10.2. The van der Waals surface area contributed by atoms with Gasteiger partial charge >= 0.3 is 5.97 Å². The molecule has 2 aromatic rings. The van der Waals surface area contributed by atoms with Gasteiger partial charge in [0.1, 0.15) is 0 Å². The van der Waals surface area contributed by atoms with Crippen LogP contribution in [-0.4, -0.2) is 35.4 Å². The van der Waals surface area contributed by atoms with Crippen LogP contribution in [0.4, 0.5) is 11.4 Å². The molecule has 0 aliphatic rings. The van der Waals surface area contributed by atoms with E-state index in [1.165, 1.54) is 19.1 Å². The van der Waals surface area contributed by atoms with Crippen LogP contribution in [0.15, 0.2) is 42.5 Å². The molecule has 1 atom stereocenters. The standard InChI is InChI=1S/C23H26ClN3O6/c1-14(21(29)26-19-13-17(27(31)32)9-10-18(19)24)33-20(28)11-12-25-22(30)15-5-7-16(8-6-15)23(2,3)4/h5-10,13-14H,11-12H2,1-4H3,(H,25,30)(H,26,29). The largest absolute Gasteiger partial charge is 0.452 e. The lowest BCUT2D eigenvalue weighted by atomic mass is 9.87. The van der Waals surface area contributed by atoms with Gasteiger partial charge in [-0.05, 0) is 36.1 Å². The van der Waals surface area contributed by atoms with Crippen LogP contribution in [0.1, 0.15) is 50.0 Å². The monoisotopic (exact) mass is 475 g/mol. The summed E-state index contributed by atoms with van der Waals surface area (Å²) < 4.78 is 5.06. The molecule has 9 nitrogen and oxygen atoms in total. The summed E-state index contributed by atoms with van der Waals surface area (Å²) in [5.74, 6) is -1.71. The van der Waals surface area contributed by atoms with E-state index < -0.39 is 22.9 Å². The third-order valence-corrected chi connectivity index (χ3v) is 5.05. The number of anilines is 1. The fourth-order valence-corrected chi connectivity index (χ4v) is 2.93. The van der Waals surface area contributed by atoms with Gasteiger partial charge in [-0.3, -0.25) is 24.5 Å². The van der Waals surface area contributed by atoms with Crippen molar-refractivity contribution in [3.8, 4) is 0 Å². The Morgan fingerprint density at radius 1 is 1.12 bits per heavy atom. The molecule has 10 heteroatoms. The van der Waals surface area contributed by atoms with Gasteiger partial charge in [0.2, 0.25) is 0 Å². The molecule has 2 aromatic carbocycles. The minimum Gasteiger partial charge on any atom is -0.452 e. The highest BCUT2D eigenvalue weighted by Crippen LogP contribution is 2.27. The maximum atomic E-state index is 12.3. The Morgan fingerprint density at radius 3 is 2.33 bits per heavy atom. The first-order chi connectivity index (χ1) is 15.4. The van der Waals surface area contributed by atoms with Crippen molar-refractivity contribution in [1.82, 2.24) is 5.32 Å². The maximum absolute atomic E-state index is 12.3. The summed E-state index contributed by atoms with van der Waals surface area (Å²) in [7, 11) is 0. The number of halogens is 1. The van der Waals surface area contributed by atoms with Gasteiger partial charge in [0.25, 0.3) is 17.5 Å². The van der Waals surface area contributed by atoms with Gasteiger partial charge in [0, 0.05) is 24.2 Å². The van der Waals surface area contributed by atoms with Crippen LogP contribution >= 0.6 is 11.6 Å². The Bertz CT molecular complexity index is 1050. The summed E-state index contributed by atoms with van der Waals surface area (Å²) >= 11 is 5.95. The summed E-state index contributed by atoms with van der Waals surface area (Å²) in [6.07, 6.45) is -1.31. The second kappa shape index (κ2) is 10.9. The highest BCUT2D eigenvalue weighted by atomic mass is 35.5. The lowest BCUT2D eigenvalue weighted by Gasteiger charge is -2.19. The molecule has 2 amide bonds. The lowest BCUT2D eigenvalue weighted by molar-refractivity contribution is -0.384. The summed E-state index contributed by atoms with van der Waals surface area (Å²) in [4.78, 5) is 46.8. The van der Waals surface area contributed by atoms with Crippen LogP contribution in [0.5, 0.6) is 0 Å². The normalized spacial score (nSPS) is 11.9. The number of nitro benzene ring substituents is 1. The van der Waals surface area contributed by atoms with Crippen molar-refractivity contribution in [3.05, 3.63) is 68.7 Å². The van der Waals surface area contributed by atoms with Crippen molar-refractivity contribution in [2.45, 2.75) is 45.6 Å². The Hall–Kier alpha value is -3.46. The minimum atomic E-state index is -1.17. The molecule has 0 radical (unpaired) electrons. The van der Waals surface area contributed by atoms with Crippen molar-refractivity contribution in [2.75, 3.05) is 11.9 Å². The number of hydrogen-bond donors (Lipinski definition) is 2. The SMILES string of the molecule is CC(OC(=O)CCNC(=O)c1ccc(C(C)(C)C)cc1)C(=O)Nc1cc([N+](=O)[O-])ccc1Cl. The van der Waals surface area contributed by atoms with E-state index in [2.05, 4.69) is 31.4 Å². The quantitative estimate of drug-likeness (QED) is 0.334. The van der Waals surface area contributed by atoms with Gasteiger partial charge in [-0.2, -0.15) is 0 Å². The van der Waals surface area contributed by atoms with E-state index in [1.807, 2.05) is 12.1 Å². The number of nitro groups is 1. The van der Waals surface area contributed by atoms with E-state index in [0.717, 1.165) is 11.6 Å². The Morgan fingerprint density at radius 2 is 1.76 bits per heavy atom. The zero-order valence-corrected chi connectivity index (χ0v) is 19.6. The minimum absolute atomic E-state index is 0.0255. The smallest absolute Gasteiger partial charge is 0.308 e. The fraction of sp³-hybridized carbons (Fsp3) is 0.348. The van der Waals surface area contributed by atoms with E-state index in [9.17, 15) is 24.5 Å². The van der Waals surface area contributed by atoms with Gasteiger partial charge < -0.3 is 15.4 Å². The second-order valence-electron chi connectivity index (χ2n) is 8.38. The summed E-state index contributed by atoms with van der Waals surface area (Å²) in [6.45, 7) is 7.62. The van der Waals surface area contributed by atoms with Gasteiger partial charge in [-0.25, -0.2) is 0 Å². The number of amides is 2. The third kappa shape index (κ3) is 7.57.